The number of benzene rings is 1. The van der Waals surface area contributed by atoms with Gasteiger partial charge >= 0.3 is 5.63 Å². The van der Waals surface area contributed by atoms with Crippen LogP contribution in [0, 0.1) is 6.92 Å². The van der Waals surface area contributed by atoms with Crippen molar-refractivity contribution in [3.05, 3.63) is 45.8 Å². The highest BCUT2D eigenvalue weighted by Gasteiger charge is 2.03. The van der Waals surface area contributed by atoms with E-state index in [0.29, 0.717) is 5.58 Å². The molecule has 0 radical (unpaired) electrons. The molecule has 1 heterocycles. The molecule has 0 atom stereocenters. The average molecular weight is 188 g/mol. The van der Waals surface area contributed by atoms with E-state index in [1.54, 1.807) is 6.07 Å². The minimum Gasteiger partial charge on any atom is -0.423 e. The van der Waals surface area contributed by atoms with Crippen LogP contribution in [0.4, 0.5) is 0 Å². The van der Waals surface area contributed by atoms with Crippen LogP contribution in [0.25, 0.3) is 11.0 Å². The van der Waals surface area contributed by atoms with Gasteiger partial charge in [0.15, 0.2) is 0 Å². The maximum atomic E-state index is 11.2. The molecule has 0 saturated heterocycles. The molecule has 0 saturated carbocycles. The Hall–Kier alpha value is -1.57. The van der Waals surface area contributed by atoms with Crippen molar-refractivity contribution in [3.8, 4) is 0 Å². The summed E-state index contributed by atoms with van der Waals surface area (Å²) in [6, 6.07) is 7.50. The van der Waals surface area contributed by atoms with Crippen molar-refractivity contribution in [2.24, 2.45) is 0 Å². The molecule has 0 aliphatic carbocycles. The average Bonchev–Trinajstić information content (AvgIpc) is 2.15. The molecule has 0 bridgehead atoms. The van der Waals surface area contributed by atoms with E-state index >= 15 is 0 Å². The second-order valence-corrected chi connectivity index (χ2v) is 3.44. The van der Waals surface area contributed by atoms with Gasteiger partial charge in [0.1, 0.15) is 5.58 Å². The zero-order valence-electron chi connectivity index (χ0n) is 8.33. The third kappa shape index (κ3) is 1.43. The summed E-state index contributed by atoms with van der Waals surface area (Å²) in [5, 5.41) is 1.04. The van der Waals surface area contributed by atoms with Gasteiger partial charge in [-0.25, -0.2) is 4.79 Å². The number of rotatable bonds is 1. The molecule has 0 amide bonds. The van der Waals surface area contributed by atoms with Crippen molar-refractivity contribution in [2.45, 2.75) is 20.3 Å². The van der Waals surface area contributed by atoms with E-state index in [-0.39, 0.29) is 5.63 Å². The molecule has 14 heavy (non-hydrogen) atoms. The third-order valence-electron chi connectivity index (χ3n) is 2.37. The first-order chi connectivity index (χ1) is 6.70. The smallest absolute Gasteiger partial charge is 0.336 e. The van der Waals surface area contributed by atoms with Crippen LogP contribution >= 0.6 is 0 Å². The Morgan fingerprint density at radius 1 is 1.29 bits per heavy atom. The Morgan fingerprint density at radius 2 is 2.07 bits per heavy atom. The molecule has 0 unspecified atom stereocenters. The highest BCUT2D eigenvalue weighted by atomic mass is 16.4. The van der Waals surface area contributed by atoms with E-state index < -0.39 is 0 Å². The summed E-state index contributed by atoms with van der Waals surface area (Å²) in [7, 11) is 0. The van der Waals surface area contributed by atoms with Crippen LogP contribution < -0.4 is 5.63 Å². The molecule has 2 aromatic rings. The largest absolute Gasteiger partial charge is 0.423 e. The molecule has 1 aromatic carbocycles. The van der Waals surface area contributed by atoms with Gasteiger partial charge in [0.25, 0.3) is 0 Å². The van der Waals surface area contributed by atoms with Crippen molar-refractivity contribution in [1.82, 2.24) is 0 Å². The molecular formula is C12H12O2. The van der Waals surface area contributed by atoms with Gasteiger partial charge in [0, 0.05) is 11.5 Å². The molecule has 2 heteroatoms. The highest BCUT2D eigenvalue weighted by Crippen LogP contribution is 2.18. The fourth-order valence-electron chi connectivity index (χ4n) is 1.63. The summed E-state index contributed by atoms with van der Waals surface area (Å²) in [6.45, 7) is 4.02. The van der Waals surface area contributed by atoms with Crippen LogP contribution in [0.5, 0.6) is 0 Å². The van der Waals surface area contributed by atoms with Gasteiger partial charge in [-0.3, -0.25) is 0 Å². The van der Waals surface area contributed by atoms with E-state index in [1.165, 1.54) is 0 Å². The van der Waals surface area contributed by atoms with E-state index in [4.69, 9.17) is 4.42 Å². The lowest BCUT2D eigenvalue weighted by Gasteiger charge is -2.02. The second kappa shape index (κ2) is 3.29. The summed E-state index contributed by atoms with van der Waals surface area (Å²) >= 11 is 0. The van der Waals surface area contributed by atoms with Gasteiger partial charge < -0.3 is 4.42 Å². The summed E-state index contributed by atoms with van der Waals surface area (Å²) in [4.78, 5) is 11.2. The maximum Gasteiger partial charge on any atom is 0.336 e. The Kier molecular flexibility index (Phi) is 2.12. The van der Waals surface area contributed by atoms with E-state index in [9.17, 15) is 4.79 Å². The number of aryl methyl sites for hydroxylation is 2. The minimum atomic E-state index is -0.264. The summed E-state index contributed by atoms with van der Waals surface area (Å²) < 4.78 is 5.13. The predicted molar refractivity (Wildman–Crippen MR) is 56.6 cm³/mol. The zero-order valence-corrected chi connectivity index (χ0v) is 8.33. The van der Waals surface area contributed by atoms with E-state index in [0.717, 1.165) is 22.9 Å². The maximum absolute atomic E-state index is 11.2. The van der Waals surface area contributed by atoms with Gasteiger partial charge in [0.2, 0.25) is 0 Å². The van der Waals surface area contributed by atoms with Crippen molar-refractivity contribution in [2.75, 3.05) is 0 Å². The lowest BCUT2D eigenvalue weighted by atomic mass is 10.1. The van der Waals surface area contributed by atoms with Gasteiger partial charge in [-0.2, -0.15) is 0 Å². The first-order valence-electron chi connectivity index (χ1n) is 4.74. The van der Waals surface area contributed by atoms with Crippen molar-refractivity contribution in [1.29, 1.82) is 0 Å². The fourth-order valence-corrected chi connectivity index (χ4v) is 1.63. The fraction of sp³-hybridized carbons (Fsp3) is 0.250. The molecule has 0 spiro atoms. The molecule has 1 aromatic heterocycles. The summed E-state index contributed by atoms with van der Waals surface area (Å²) in [6.07, 6.45) is 0.852. The minimum absolute atomic E-state index is 0.264. The SMILES string of the molecule is CCc1cc(=O)oc2cc(C)ccc12. The zero-order chi connectivity index (χ0) is 10.1. The molecule has 2 nitrogen and oxygen atoms in total. The van der Waals surface area contributed by atoms with Crippen LogP contribution in [0.2, 0.25) is 0 Å². The number of fused-ring (bicyclic) bond motifs is 1. The molecule has 0 N–H and O–H groups in total. The monoisotopic (exact) mass is 188 g/mol. The standard InChI is InChI=1S/C12H12O2/c1-3-9-7-12(13)14-11-6-8(2)4-5-10(9)11/h4-7H,3H2,1-2H3. The number of hydrogen-bond donors (Lipinski definition) is 0. The van der Waals surface area contributed by atoms with Crippen LogP contribution in [0.15, 0.2) is 33.5 Å². The van der Waals surface area contributed by atoms with Crippen molar-refractivity contribution in [3.63, 3.8) is 0 Å². The molecule has 0 aliphatic heterocycles. The quantitative estimate of drug-likeness (QED) is 0.644. The van der Waals surface area contributed by atoms with E-state index in [2.05, 4.69) is 0 Å². The van der Waals surface area contributed by atoms with Gasteiger partial charge in [-0.1, -0.05) is 19.1 Å². The van der Waals surface area contributed by atoms with Gasteiger partial charge in [-0.15, -0.1) is 0 Å². The molecule has 0 aliphatic rings. The Labute approximate surface area is 82.2 Å². The molecule has 72 valence electrons. The Balaban J connectivity index is 2.87. The van der Waals surface area contributed by atoms with Crippen LogP contribution in [0.1, 0.15) is 18.1 Å². The first kappa shape index (κ1) is 9.00. The van der Waals surface area contributed by atoms with E-state index in [1.807, 2.05) is 32.0 Å². The van der Waals surface area contributed by atoms with Crippen molar-refractivity contribution >= 4 is 11.0 Å². The molecule has 2 rings (SSSR count). The highest BCUT2D eigenvalue weighted by molar-refractivity contribution is 5.80. The lowest BCUT2D eigenvalue weighted by molar-refractivity contribution is 0.559. The van der Waals surface area contributed by atoms with Crippen LogP contribution in [-0.2, 0) is 6.42 Å². The van der Waals surface area contributed by atoms with Crippen LogP contribution in [-0.4, -0.2) is 0 Å². The number of hydrogen-bond acceptors (Lipinski definition) is 2. The molecule has 0 fully saturated rings. The summed E-state index contributed by atoms with van der Waals surface area (Å²) in [5.74, 6) is 0. The third-order valence-corrected chi connectivity index (χ3v) is 2.37. The second-order valence-electron chi connectivity index (χ2n) is 3.44. The molecular weight excluding hydrogens is 176 g/mol. The van der Waals surface area contributed by atoms with Crippen LogP contribution in [0.3, 0.4) is 0 Å². The van der Waals surface area contributed by atoms with Gasteiger partial charge in [0.05, 0.1) is 0 Å². The predicted octanol–water partition coefficient (Wildman–Crippen LogP) is 2.66. The van der Waals surface area contributed by atoms with Crippen molar-refractivity contribution < 1.29 is 4.42 Å². The van der Waals surface area contributed by atoms with Gasteiger partial charge in [-0.05, 0) is 30.5 Å². The Bertz CT molecular complexity index is 523. The topological polar surface area (TPSA) is 30.2 Å². The Morgan fingerprint density at radius 3 is 2.79 bits per heavy atom. The normalized spacial score (nSPS) is 10.7. The summed E-state index contributed by atoms with van der Waals surface area (Å²) in [5.41, 5.74) is 2.58. The first-order valence-corrected chi connectivity index (χ1v) is 4.74. The lowest BCUT2D eigenvalue weighted by Crippen LogP contribution is -1.99.